The molecule has 1 aromatic heterocycles. The molecule has 3 nitrogen and oxygen atoms in total. The van der Waals surface area contributed by atoms with Crippen LogP contribution in [0, 0.1) is 5.92 Å². The summed E-state index contributed by atoms with van der Waals surface area (Å²) in [4.78, 5) is 15.2. The Morgan fingerprint density at radius 2 is 2.16 bits per heavy atom. The molecule has 2 atom stereocenters. The van der Waals surface area contributed by atoms with Crippen molar-refractivity contribution < 1.29 is 4.79 Å². The van der Waals surface area contributed by atoms with Crippen LogP contribution >= 0.6 is 43.2 Å². The molecule has 19 heavy (non-hydrogen) atoms. The molecule has 0 aromatic carbocycles. The minimum atomic E-state index is 0.0988. The minimum absolute atomic E-state index is 0.0988. The highest BCUT2D eigenvalue weighted by Gasteiger charge is 2.31. The maximum absolute atomic E-state index is 12.5. The van der Waals surface area contributed by atoms with Gasteiger partial charge in [0.25, 0.3) is 5.91 Å². The van der Waals surface area contributed by atoms with Crippen molar-refractivity contribution in [1.29, 1.82) is 0 Å². The Balaban J connectivity index is 2.13. The lowest BCUT2D eigenvalue weighted by Gasteiger charge is -2.37. The molecule has 1 heterocycles. The van der Waals surface area contributed by atoms with Crippen LogP contribution in [0.25, 0.3) is 0 Å². The Bertz CT molecular complexity index is 444. The molecular weight excluding hydrogens is 392 g/mol. The van der Waals surface area contributed by atoms with Crippen LogP contribution in [0.15, 0.2) is 14.3 Å². The van der Waals surface area contributed by atoms with Gasteiger partial charge in [-0.25, -0.2) is 0 Å². The molecule has 0 bridgehead atoms. The molecule has 0 spiro atoms. The van der Waals surface area contributed by atoms with E-state index in [0.29, 0.717) is 12.5 Å². The Labute approximate surface area is 134 Å². The standard InChI is InChI=1S/C13H18Br2N2OS/c1-17(10-5-3-2-4-8(10)7-16)13(18)11-6-9(14)12(15)19-11/h6,8,10H,2-5,7,16H2,1H3. The summed E-state index contributed by atoms with van der Waals surface area (Å²) in [6.45, 7) is 0.667. The fourth-order valence-corrected chi connectivity index (χ4v) is 4.77. The van der Waals surface area contributed by atoms with Crippen LogP contribution < -0.4 is 5.73 Å². The molecule has 1 aromatic rings. The number of thiophene rings is 1. The number of amides is 1. The van der Waals surface area contributed by atoms with E-state index in [-0.39, 0.29) is 11.9 Å². The highest BCUT2D eigenvalue weighted by molar-refractivity contribution is 9.13. The van der Waals surface area contributed by atoms with E-state index in [1.54, 1.807) is 0 Å². The monoisotopic (exact) mass is 408 g/mol. The van der Waals surface area contributed by atoms with E-state index in [1.807, 2.05) is 18.0 Å². The lowest BCUT2D eigenvalue weighted by atomic mass is 9.83. The van der Waals surface area contributed by atoms with Crippen LogP contribution in [0.1, 0.15) is 35.4 Å². The topological polar surface area (TPSA) is 46.3 Å². The first-order valence-corrected chi connectivity index (χ1v) is 8.87. The van der Waals surface area contributed by atoms with Gasteiger partial charge in [-0.05, 0) is 63.2 Å². The SMILES string of the molecule is CN(C(=O)c1cc(Br)c(Br)s1)C1CCCCC1CN. The maximum atomic E-state index is 12.5. The molecule has 1 amide bonds. The zero-order valence-electron chi connectivity index (χ0n) is 10.9. The number of hydrogen-bond donors (Lipinski definition) is 1. The van der Waals surface area contributed by atoms with E-state index < -0.39 is 0 Å². The van der Waals surface area contributed by atoms with E-state index >= 15 is 0 Å². The van der Waals surface area contributed by atoms with Gasteiger partial charge in [-0.3, -0.25) is 4.79 Å². The predicted octanol–water partition coefficient (Wildman–Crippen LogP) is 3.86. The number of carbonyl (C=O) groups is 1. The predicted molar refractivity (Wildman–Crippen MR) is 86.6 cm³/mol. The summed E-state index contributed by atoms with van der Waals surface area (Å²) in [7, 11) is 1.91. The van der Waals surface area contributed by atoms with Crippen molar-refractivity contribution in [1.82, 2.24) is 4.90 Å². The van der Waals surface area contributed by atoms with Crippen molar-refractivity contribution in [3.63, 3.8) is 0 Å². The Hall–Kier alpha value is 0.0900. The van der Waals surface area contributed by atoms with E-state index in [1.165, 1.54) is 24.2 Å². The lowest BCUT2D eigenvalue weighted by Crippen LogP contribution is -2.45. The molecule has 0 radical (unpaired) electrons. The van der Waals surface area contributed by atoms with Crippen LogP contribution in [0.5, 0.6) is 0 Å². The van der Waals surface area contributed by atoms with E-state index in [4.69, 9.17) is 5.73 Å². The quantitative estimate of drug-likeness (QED) is 0.823. The number of rotatable bonds is 3. The lowest BCUT2D eigenvalue weighted by molar-refractivity contribution is 0.0625. The molecule has 0 aliphatic heterocycles. The van der Waals surface area contributed by atoms with Gasteiger partial charge in [0, 0.05) is 17.6 Å². The first-order valence-electron chi connectivity index (χ1n) is 6.46. The number of nitrogens with zero attached hydrogens (tertiary/aromatic N) is 1. The Morgan fingerprint density at radius 3 is 2.74 bits per heavy atom. The molecule has 106 valence electrons. The third-order valence-electron chi connectivity index (χ3n) is 3.85. The average molecular weight is 410 g/mol. The van der Waals surface area contributed by atoms with E-state index in [2.05, 4.69) is 31.9 Å². The van der Waals surface area contributed by atoms with Crippen molar-refractivity contribution >= 4 is 49.1 Å². The summed E-state index contributed by atoms with van der Waals surface area (Å²) in [5.41, 5.74) is 5.85. The first-order chi connectivity index (χ1) is 9.04. The zero-order valence-corrected chi connectivity index (χ0v) is 14.9. The fraction of sp³-hybridized carbons (Fsp3) is 0.615. The highest BCUT2D eigenvalue weighted by Crippen LogP contribution is 2.34. The number of halogens is 2. The van der Waals surface area contributed by atoms with Gasteiger partial charge in [0.2, 0.25) is 0 Å². The second-order valence-corrected chi connectivity index (χ2v) is 8.22. The Morgan fingerprint density at radius 1 is 1.47 bits per heavy atom. The van der Waals surface area contributed by atoms with Gasteiger partial charge < -0.3 is 10.6 Å². The largest absolute Gasteiger partial charge is 0.338 e. The van der Waals surface area contributed by atoms with Crippen LogP contribution in [0.4, 0.5) is 0 Å². The molecule has 2 unspecified atom stereocenters. The van der Waals surface area contributed by atoms with Gasteiger partial charge in [-0.15, -0.1) is 11.3 Å². The molecule has 2 N–H and O–H groups in total. The second kappa shape index (κ2) is 6.70. The van der Waals surface area contributed by atoms with E-state index in [9.17, 15) is 4.79 Å². The number of hydrogen-bond acceptors (Lipinski definition) is 3. The van der Waals surface area contributed by atoms with E-state index in [0.717, 1.165) is 26.0 Å². The summed E-state index contributed by atoms with van der Waals surface area (Å²) < 4.78 is 1.90. The molecule has 1 aliphatic rings. The summed E-state index contributed by atoms with van der Waals surface area (Å²) in [5, 5.41) is 0. The van der Waals surface area contributed by atoms with Crippen molar-refractivity contribution in [2.45, 2.75) is 31.7 Å². The molecule has 2 rings (SSSR count). The summed E-state index contributed by atoms with van der Waals surface area (Å²) in [5.74, 6) is 0.538. The van der Waals surface area contributed by atoms with Gasteiger partial charge in [-0.2, -0.15) is 0 Å². The van der Waals surface area contributed by atoms with Crippen LogP contribution in [-0.4, -0.2) is 30.4 Å². The summed E-state index contributed by atoms with van der Waals surface area (Å²) >= 11 is 8.33. The highest BCUT2D eigenvalue weighted by atomic mass is 79.9. The smallest absolute Gasteiger partial charge is 0.264 e. The maximum Gasteiger partial charge on any atom is 0.264 e. The average Bonchev–Trinajstić information content (AvgIpc) is 2.77. The van der Waals surface area contributed by atoms with Crippen molar-refractivity contribution in [3.05, 3.63) is 19.2 Å². The van der Waals surface area contributed by atoms with Crippen molar-refractivity contribution in [2.24, 2.45) is 11.7 Å². The third-order valence-corrected chi connectivity index (χ3v) is 7.09. The minimum Gasteiger partial charge on any atom is -0.338 e. The molecule has 6 heteroatoms. The van der Waals surface area contributed by atoms with Crippen LogP contribution in [-0.2, 0) is 0 Å². The number of carbonyl (C=O) groups excluding carboxylic acids is 1. The van der Waals surface area contributed by atoms with Crippen LogP contribution in [0.3, 0.4) is 0 Å². The Kier molecular flexibility index (Phi) is 5.45. The summed E-state index contributed by atoms with van der Waals surface area (Å²) in [6.07, 6.45) is 4.63. The number of nitrogens with two attached hydrogens (primary N) is 1. The molecular formula is C13H18Br2N2OS. The molecule has 1 aliphatic carbocycles. The van der Waals surface area contributed by atoms with Gasteiger partial charge in [0.15, 0.2) is 0 Å². The second-order valence-electron chi connectivity index (χ2n) is 5.00. The zero-order chi connectivity index (χ0) is 14.0. The normalized spacial score (nSPS) is 23.4. The van der Waals surface area contributed by atoms with Gasteiger partial charge in [0.05, 0.1) is 8.66 Å². The van der Waals surface area contributed by atoms with Crippen molar-refractivity contribution in [3.8, 4) is 0 Å². The van der Waals surface area contributed by atoms with Gasteiger partial charge >= 0.3 is 0 Å². The first kappa shape index (κ1) is 15.5. The summed E-state index contributed by atoms with van der Waals surface area (Å²) in [6, 6.07) is 2.17. The molecule has 0 saturated heterocycles. The van der Waals surface area contributed by atoms with Gasteiger partial charge in [0.1, 0.15) is 0 Å². The molecule has 1 fully saturated rings. The fourth-order valence-electron chi connectivity index (χ4n) is 2.75. The van der Waals surface area contributed by atoms with Gasteiger partial charge in [-0.1, -0.05) is 12.8 Å². The molecule has 1 saturated carbocycles. The third kappa shape index (κ3) is 3.40. The van der Waals surface area contributed by atoms with Crippen LogP contribution in [0.2, 0.25) is 0 Å². The van der Waals surface area contributed by atoms with Crippen molar-refractivity contribution in [2.75, 3.05) is 13.6 Å².